The van der Waals surface area contributed by atoms with E-state index in [1.165, 1.54) is 50.9 Å². The number of aliphatic hydroxyl groups excluding tert-OH is 3. The van der Waals surface area contributed by atoms with E-state index in [1.54, 1.807) is 79.2 Å². The summed E-state index contributed by atoms with van der Waals surface area (Å²) in [6.45, 7) is 13.0. The average Bonchev–Trinajstić information content (AvgIpc) is 1.64. The Balaban J connectivity index is 1.02. The molecule has 0 spiro atoms. The number of esters is 1. The first kappa shape index (κ1) is 65.3. The third-order valence-electron chi connectivity index (χ3n) is 14.1. The molecule has 1 aliphatic rings. The van der Waals surface area contributed by atoms with Crippen molar-refractivity contribution in [2.45, 2.75) is 63.1 Å². The van der Waals surface area contributed by atoms with Crippen molar-refractivity contribution in [3.63, 3.8) is 0 Å². The number of ether oxygens (including phenoxy) is 1. The van der Waals surface area contributed by atoms with Gasteiger partial charge in [-0.3, -0.25) is 28.8 Å². The zero-order chi connectivity index (χ0) is 65.7. The predicted molar refractivity (Wildman–Crippen MR) is 345 cm³/mol. The zero-order valence-corrected chi connectivity index (χ0v) is 53.2. The molecule has 0 radical (unpaired) electrons. The topological polar surface area (TPSA) is 412 Å². The molecule has 7 aromatic heterocycles. The molecule has 0 saturated heterocycles. The van der Waals surface area contributed by atoms with Crippen molar-refractivity contribution in [2.24, 2.45) is 17.4 Å². The van der Waals surface area contributed by atoms with E-state index in [-0.39, 0.29) is 72.8 Å². The summed E-state index contributed by atoms with van der Waals surface area (Å²) < 4.78 is 5.97. The lowest BCUT2D eigenvalue weighted by Crippen LogP contribution is -2.46. The fraction of sp³-hybridized carbons (Fsp3) is 0.200. The van der Waals surface area contributed by atoms with Crippen LogP contribution in [-0.4, -0.2) is 115 Å². The number of nitrogens with two attached hydrogens (primary N) is 2. The Labute approximate surface area is 546 Å². The second-order valence-electron chi connectivity index (χ2n) is 20.6. The van der Waals surface area contributed by atoms with Crippen LogP contribution in [0.15, 0.2) is 131 Å². The number of benzene rings is 2. The fourth-order valence-corrected chi connectivity index (χ4v) is 14.3. The van der Waals surface area contributed by atoms with Crippen LogP contribution in [0.5, 0.6) is 5.75 Å². The first-order valence-corrected chi connectivity index (χ1v) is 32.7. The van der Waals surface area contributed by atoms with Gasteiger partial charge in [0.25, 0.3) is 29.5 Å². The van der Waals surface area contributed by atoms with E-state index in [1.807, 2.05) is 0 Å². The largest absolute Gasteiger partial charge is 0.508 e. The summed E-state index contributed by atoms with van der Waals surface area (Å²) in [4.78, 5) is 129. The van der Waals surface area contributed by atoms with Crippen LogP contribution in [0.25, 0.3) is 43.4 Å². The first-order chi connectivity index (χ1) is 44.0. The van der Waals surface area contributed by atoms with E-state index >= 15 is 0 Å². The van der Waals surface area contributed by atoms with Gasteiger partial charge in [0.2, 0.25) is 5.91 Å². The number of aryl methyl sites for hydroxylation is 1. The SMILES string of the molecule is C=C(O)C(=C)NC(=O)C(=C)NC(=O)c1csc(-c2ccc3c(n2)-c2csc(n2)-c2csc(n2)C(N)C(C)C(CO)OC(=O)C(Cc2ccc(O)cc2)NC(=O)c2csc(n2)C(C(O)c2ccccc2)NC(=O)c2nc(sc2C)C(CC(N)=O)NC(=O)c2csc-3n2)n1. The van der Waals surface area contributed by atoms with Gasteiger partial charge in [0.05, 0.1) is 42.2 Å². The number of thiazole rings is 6. The maximum absolute atomic E-state index is 14.5. The van der Waals surface area contributed by atoms with Crippen molar-refractivity contribution >= 4 is 109 Å². The second-order valence-corrected chi connectivity index (χ2v) is 26.1. The van der Waals surface area contributed by atoms with E-state index in [0.29, 0.717) is 48.0 Å². The van der Waals surface area contributed by atoms with Gasteiger partial charge < -0.3 is 63.2 Å². The molecule has 6 amide bonds. The smallest absolute Gasteiger partial charge is 0.329 e. The first-order valence-electron chi connectivity index (χ1n) is 27.5. The van der Waals surface area contributed by atoms with Gasteiger partial charge in [-0.2, -0.15) is 0 Å². The van der Waals surface area contributed by atoms with E-state index < -0.39 is 102 Å². The summed E-state index contributed by atoms with van der Waals surface area (Å²) >= 11 is 6.50. The Morgan fingerprint density at radius 2 is 1.30 bits per heavy atom. The van der Waals surface area contributed by atoms with Crippen LogP contribution >= 0.6 is 68.0 Å². The van der Waals surface area contributed by atoms with Crippen LogP contribution in [0.4, 0.5) is 0 Å². The number of phenols is 1. The molecule has 10 bridgehead atoms. The average molecular weight is 1360 g/mol. The van der Waals surface area contributed by atoms with Gasteiger partial charge in [-0.05, 0) is 42.3 Å². The molecule has 0 fully saturated rings. The Bertz CT molecular complexity index is 4350. The summed E-state index contributed by atoms with van der Waals surface area (Å²) in [6, 6.07) is 12.8. The lowest BCUT2D eigenvalue weighted by Gasteiger charge is -2.28. The number of aromatic hydroxyl groups is 1. The Kier molecular flexibility index (Phi) is 20.1. The van der Waals surface area contributed by atoms with E-state index in [2.05, 4.69) is 61.3 Å². The Hall–Kier alpha value is -9.64. The molecule has 32 heteroatoms. The maximum atomic E-state index is 14.5. The highest BCUT2D eigenvalue weighted by molar-refractivity contribution is 7.15. The third-order valence-corrected chi connectivity index (χ3v) is 19.7. The predicted octanol–water partition coefficient (Wildman–Crippen LogP) is 6.89. The van der Waals surface area contributed by atoms with Crippen LogP contribution in [-0.2, 0) is 25.5 Å². The number of amides is 6. The number of nitrogens with zero attached hydrogens (tertiary/aromatic N) is 7. The standard InChI is InChI=1S/C60H54N14O12S6/c1-25-42(19-75)86-60(85)36(17-30-11-13-32(77)14-12-30)67-52(83)40-23-91-59(71-40)47(48(79)31-9-7-6-8-10-31)73-53(84)45-29(5)92-57(74-45)35(18-43(61)78)66-51(82)39-21-87-54(69-39)33-15-16-34(65-46(33)37-20-88-56(68-37)41-24-90-58(72-41)44(25)62)55-70-38(22-89-55)50(81)64-27(3)49(80)63-26(2)28(4)76/h6-16,20-25,35-36,42,44,47-48,75-77,79H,2-4,17-19,62H2,1,5H3,(H2,61,78)(H,63,80)(H,64,81)(H,66,82)(H,67,83)(H,73,84). The molecule has 13 N–H and O–H groups in total. The molecule has 9 aromatic rings. The molecular formula is C60H54N14O12S6. The van der Waals surface area contributed by atoms with E-state index in [9.17, 15) is 54.0 Å². The van der Waals surface area contributed by atoms with Crippen LogP contribution < -0.4 is 38.1 Å². The molecule has 1 aliphatic heterocycles. The summed E-state index contributed by atoms with van der Waals surface area (Å²) in [5, 5.41) is 64.7. The molecule has 7 atom stereocenters. The number of rotatable bonds is 13. The summed E-state index contributed by atoms with van der Waals surface area (Å²) in [5.74, 6) is -7.08. The number of carbonyl (C=O) groups excluding carboxylic acids is 7. The molecular weight excluding hydrogens is 1300 g/mol. The number of primary amides is 1. The minimum Gasteiger partial charge on any atom is -0.508 e. The Morgan fingerprint density at radius 3 is 2.02 bits per heavy atom. The zero-order valence-electron chi connectivity index (χ0n) is 48.3. The van der Waals surface area contributed by atoms with Crippen molar-refractivity contribution in [3.8, 4) is 49.1 Å². The molecule has 0 saturated carbocycles. The van der Waals surface area contributed by atoms with Gasteiger partial charge >= 0.3 is 5.97 Å². The van der Waals surface area contributed by atoms with Gasteiger partial charge in [0.15, 0.2) is 0 Å². The van der Waals surface area contributed by atoms with Gasteiger partial charge in [-0.25, -0.2) is 39.7 Å². The van der Waals surface area contributed by atoms with Crippen molar-refractivity contribution < 1.29 is 58.7 Å². The third kappa shape index (κ3) is 14.9. The van der Waals surface area contributed by atoms with Gasteiger partial charge in [-0.1, -0.05) is 69.1 Å². The number of hydrogen-bond acceptors (Lipinski definition) is 26. The number of nitrogens with one attached hydrogen (secondary N) is 5. The number of aliphatic hydroxyl groups is 3. The van der Waals surface area contributed by atoms with Gasteiger partial charge in [0, 0.05) is 49.7 Å². The lowest BCUT2D eigenvalue weighted by atomic mass is 9.96. The lowest BCUT2D eigenvalue weighted by molar-refractivity contribution is -0.157. The highest BCUT2D eigenvalue weighted by atomic mass is 32.1. The van der Waals surface area contributed by atoms with E-state index in [4.69, 9.17) is 36.1 Å². The van der Waals surface area contributed by atoms with Crippen molar-refractivity contribution in [1.82, 2.24) is 61.5 Å². The Morgan fingerprint density at radius 1 is 0.674 bits per heavy atom. The van der Waals surface area contributed by atoms with Crippen molar-refractivity contribution in [3.05, 3.63) is 184 Å². The van der Waals surface area contributed by atoms with Crippen LogP contribution in [0.1, 0.15) is 111 Å². The number of aromatic nitrogens is 7. The van der Waals surface area contributed by atoms with E-state index in [0.717, 1.165) is 45.3 Å². The minimum absolute atomic E-state index is 0.0453. The summed E-state index contributed by atoms with van der Waals surface area (Å²) in [6.07, 6.45) is -3.27. The van der Waals surface area contributed by atoms with Gasteiger partial charge in [-0.15, -0.1) is 68.0 Å². The quantitative estimate of drug-likeness (QED) is 0.0242. The second kappa shape index (κ2) is 28.3. The maximum Gasteiger partial charge on any atom is 0.329 e. The monoisotopic (exact) mass is 1350 g/mol. The van der Waals surface area contributed by atoms with Crippen LogP contribution in [0.3, 0.4) is 0 Å². The molecule has 92 heavy (non-hydrogen) atoms. The number of phenolic OH excluding ortho intramolecular Hbond substituents is 1. The molecule has 2 aromatic carbocycles. The molecule has 472 valence electrons. The minimum atomic E-state index is -1.45. The number of pyridine rings is 1. The molecule has 7 unspecified atom stereocenters. The number of carbonyl (C=O) groups is 7. The fourth-order valence-electron chi connectivity index (χ4n) is 9.09. The van der Waals surface area contributed by atoms with Crippen LogP contribution in [0, 0.1) is 12.8 Å². The molecule has 8 heterocycles. The van der Waals surface area contributed by atoms with Gasteiger partial charge in [0.1, 0.15) is 106 Å². The molecule has 0 aliphatic carbocycles. The summed E-state index contributed by atoms with van der Waals surface area (Å²) in [5.41, 5.74) is 14.1. The highest BCUT2D eigenvalue weighted by Gasteiger charge is 2.36. The highest BCUT2D eigenvalue weighted by Crippen LogP contribution is 2.40. The normalized spacial score (nSPS) is 18.3. The summed E-state index contributed by atoms with van der Waals surface area (Å²) in [7, 11) is 0. The number of cyclic esters (lactones) is 1. The number of fused-ring (bicyclic) bond motifs is 14. The van der Waals surface area contributed by atoms with Crippen molar-refractivity contribution in [1.29, 1.82) is 0 Å². The number of hydrogen-bond donors (Lipinski definition) is 11. The molecule has 10 rings (SSSR count). The van der Waals surface area contributed by atoms with Crippen molar-refractivity contribution in [2.75, 3.05) is 6.61 Å². The van der Waals surface area contributed by atoms with Crippen LogP contribution in [0.2, 0.25) is 0 Å². The molecule has 26 nitrogen and oxygen atoms in total.